The lowest BCUT2D eigenvalue weighted by Gasteiger charge is -2.14. The molecule has 1 unspecified atom stereocenters. The van der Waals surface area contributed by atoms with Gasteiger partial charge in [-0.1, -0.05) is 11.8 Å². The number of hydrogen-bond acceptors (Lipinski definition) is 5. The number of nitrogens with one attached hydrogen (secondary N) is 2. The van der Waals surface area contributed by atoms with E-state index in [1.807, 2.05) is 43.7 Å². The summed E-state index contributed by atoms with van der Waals surface area (Å²) >= 11 is 1.63. The topological polar surface area (TPSA) is 101 Å². The fourth-order valence-corrected chi connectivity index (χ4v) is 3.99. The Hall–Kier alpha value is -3.00. The third kappa shape index (κ3) is 3.96. The predicted octanol–water partition coefficient (Wildman–Crippen LogP) is 3.02. The van der Waals surface area contributed by atoms with Gasteiger partial charge in [-0.2, -0.15) is 5.10 Å². The van der Waals surface area contributed by atoms with Crippen LogP contribution in [0.1, 0.15) is 23.1 Å². The third-order valence-electron chi connectivity index (χ3n) is 4.68. The van der Waals surface area contributed by atoms with Gasteiger partial charge in [0.1, 0.15) is 5.69 Å². The van der Waals surface area contributed by atoms with Crippen molar-refractivity contribution >= 4 is 34.3 Å². The van der Waals surface area contributed by atoms with Gasteiger partial charge in [-0.3, -0.25) is 14.9 Å². The molecule has 0 spiro atoms. The Morgan fingerprint density at radius 2 is 2.21 bits per heavy atom. The normalized spacial score (nSPS) is 13.4. The molecule has 146 valence electrons. The maximum absolute atomic E-state index is 12.8. The fraction of sp³-hybridized carbons (Fsp3) is 0.250. The van der Waals surface area contributed by atoms with Crippen molar-refractivity contribution in [1.29, 1.82) is 0 Å². The zero-order chi connectivity index (χ0) is 20.3. The third-order valence-corrected chi connectivity index (χ3v) is 5.80. The van der Waals surface area contributed by atoms with Gasteiger partial charge in [0, 0.05) is 35.0 Å². The zero-order valence-corrected chi connectivity index (χ0v) is 17.2. The Labute approximate surface area is 168 Å². The number of nitrogens with zero attached hydrogens (tertiary/aromatic N) is 3. The van der Waals surface area contributed by atoms with E-state index >= 15 is 0 Å². The fourth-order valence-electron chi connectivity index (χ4n) is 2.96. The van der Waals surface area contributed by atoms with E-state index in [1.165, 1.54) is 6.20 Å². The summed E-state index contributed by atoms with van der Waals surface area (Å²) < 4.78 is 1.91. The lowest BCUT2D eigenvalue weighted by atomic mass is 10.2. The molecule has 0 radical (unpaired) electrons. The molecule has 7 nitrogen and oxygen atoms in total. The van der Waals surface area contributed by atoms with E-state index in [4.69, 9.17) is 5.73 Å². The lowest BCUT2D eigenvalue weighted by molar-refractivity contribution is 0.0941. The maximum atomic E-state index is 12.8. The number of rotatable bonds is 6. The number of benzene rings is 1. The standard InChI is InChI=1S/C20H24N6OS/c1-12(16(22-3)7-8-21)24-20(27)18-10-19(13(2)26(18)4)28-15-5-6-17-14(9-15)11-23-25-17/h5-12H,21H2,1-4H3,(H,23,25)(H,24,27)/b8-7-,22-16?. The van der Waals surface area contributed by atoms with E-state index in [2.05, 4.69) is 26.6 Å². The highest BCUT2D eigenvalue weighted by Gasteiger charge is 2.19. The van der Waals surface area contributed by atoms with Gasteiger partial charge in [0.2, 0.25) is 0 Å². The first-order valence-corrected chi connectivity index (χ1v) is 9.69. The minimum atomic E-state index is -0.243. The number of nitrogens with two attached hydrogens (primary N) is 1. The quantitative estimate of drug-likeness (QED) is 0.558. The number of aliphatic imine (C=N–C) groups is 1. The summed E-state index contributed by atoms with van der Waals surface area (Å²) in [6, 6.07) is 7.81. The van der Waals surface area contributed by atoms with E-state index in [1.54, 1.807) is 31.1 Å². The average Bonchev–Trinajstić information content (AvgIpc) is 3.25. The second-order valence-electron chi connectivity index (χ2n) is 6.46. The van der Waals surface area contributed by atoms with E-state index in [-0.39, 0.29) is 11.9 Å². The number of hydrogen-bond donors (Lipinski definition) is 3. The van der Waals surface area contributed by atoms with Crippen molar-refractivity contribution in [2.75, 3.05) is 7.05 Å². The predicted molar refractivity (Wildman–Crippen MR) is 114 cm³/mol. The van der Waals surface area contributed by atoms with Crippen molar-refractivity contribution in [2.45, 2.75) is 29.7 Å². The molecule has 0 aliphatic heterocycles. The number of carbonyl (C=O) groups excluding carboxylic acids is 1. The van der Waals surface area contributed by atoms with Gasteiger partial charge >= 0.3 is 0 Å². The van der Waals surface area contributed by atoms with Gasteiger partial charge in [0.15, 0.2) is 0 Å². The lowest BCUT2D eigenvalue weighted by Crippen LogP contribution is -2.38. The van der Waals surface area contributed by atoms with Gasteiger partial charge in [0.25, 0.3) is 5.91 Å². The first-order valence-electron chi connectivity index (χ1n) is 8.87. The molecule has 1 aromatic carbocycles. The molecule has 2 heterocycles. The number of fused-ring (bicyclic) bond motifs is 1. The molecule has 2 aromatic heterocycles. The van der Waals surface area contributed by atoms with Crippen LogP contribution in [0.3, 0.4) is 0 Å². The Balaban J connectivity index is 1.81. The number of aromatic amines is 1. The first kappa shape index (κ1) is 19.8. The molecular weight excluding hydrogens is 372 g/mol. The summed E-state index contributed by atoms with van der Waals surface area (Å²) in [7, 11) is 3.57. The molecule has 0 aliphatic carbocycles. The van der Waals surface area contributed by atoms with Crippen LogP contribution in [0.2, 0.25) is 0 Å². The van der Waals surface area contributed by atoms with Gasteiger partial charge in [-0.15, -0.1) is 0 Å². The van der Waals surface area contributed by atoms with E-state index in [0.29, 0.717) is 11.4 Å². The molecule has 0 saturated heterocycles. The summed E-state index contributed by atoms with van der Waals surface area (Å²) in [5.74, 6) is -0.151. The van der Waals surface area contributed by atoms with Crippen molar-refractivity contribution in [2.24, 2.45) is 17.8 Å². The molecule has 0 aliphatic rings. The molecule has 28 heavy (non-hydrogen) atoms. The van der Waals surface area contributed by atoms with Gasteiger partial charge in [-0.05, 0) is 50.4 Å². The van der Waals surface area contributed by atoms with Crippen LogP contribution in [0.25, 0.3) is 10.9 Å². The number of H-pyrrole nitrogens is 1. The van der Waals surface area contributed by atoms with Crippen LogP contribution in [0.4, 0.5) is 0 Å². The second-order valence-corrected chi connectivity index (χ2v) is 7.58. The molecule has 4 N–H and O–H groups in total. The Kier molecular flexibility index (Phi) is 5.89. The molecular formula is C20H24N6OS. The van der Waals surface area contributed by atoms with Crippen LogP contribution >= 0.6 is 11.8 Å². The van der Waals surface area contributed by atoms with Crippen molar-refractivity contribution in [3.8, 4) is 0 Å². The van der Waals surface area contributed by atoms with E-state index < -0.39 is 0 Å². The highest BCUT2D eigenvalue weighted by Crippen LogP contribution is 2.33. The first-order chi connectivity index (χ1) is 13.4. The summed E-state index contributed by atoms with van der Waals surface area (Å²) in [4.78, 5) is 19.1. The highest BCUT2D eigenvalue weighted by molar-refractivity contribution is 7.99. The van der Waals surface area contributed by atoms with Crippen molar-refractivity contribution in [1.82, 2.24) is 20.1 Å². The molecule has 3 rings (SSSR count). The molecule has 0 fully saturated rings. The van der Waals surface area contributed by atoms with Crippen molar-refractivity contribution in [3.63, 3.8) is 0 Å². The number of amides is 1. The largest absolute Gasteiger partial charge is 0.405 e. The Morgan fingerprint density at radius 3 is 2.93 bits per heavy atom. The number of aromatic nitrogens is 3. The Bertz CT molecular complexity index is 1060. The summed E-state index contributed by atoms with van der Waals surface area (Å²) in [6.45, 7) is 3.89. The van der Waals surface area contributed by atoms with Crippen molar-refractivity contribution in [3.05, 3.63) is 54.1 Å². The van der Waals surface area contributed by atoms with Crippen molar-refractivity contribution < 1.29 is 4.79 Å². The smallest absolute Gasteiger partial charge is 0.268 e. The monoisotopic (exact) mass is 396 g/mol. The minimum Gasteiger partial charge on any atom is -0.405 e. The van der Waals surface area contributed by atoms with Gasteiger partial charge in [-0.25, -0.2) is 0 Å². The van der Waals surface area contributed by atoms with Crippen LogP contribution in [0, 0.1) is 6.92 Å². The summed E-state index contributed by atoms with van der Waals surface area (Å²) in [5, 5.41) is 11.0. The Morgan fingerprint density at radius 1 is 1.43 bits per heavy atom. The minimum absolute atomic E-state index is 0.151. The molecule has 1 atom stereocenters. The van der Waals surface area contributed by atoms with Crippen LogP contribution in [-0.2, 0) is 7.05 Å². The number of carbonyl (C=O) groups is 1. The zero-order valence-electron chi connectivity index (χ0n) is 16.4. The SMILES string of the molecule is CN=C(/C=C\N)C(C)NC(=O)c1cc(Sc2ccc3[nH]ncc3c2)c(C)n1C. The molecule has 1 amide bonds. The highest BCUT2D eigenvalue weighted by atomic mass is 32.2. The van der Waals surface area contributed by atoms with Crippen LogP contribution < -0.4 is 11.1 Å². The summed E-state index contributed by atoms with van der Waals surface area (Å²) in [6.07, 6.45) is 4.91. The van der Waals surface area contributed by atoms with E-state index in [0.717, 1.165) is 26.4 Å². The van der Waals surface area contributed by atoms with E-state index in [9.17, 15) is 4.79 Å². The van der Waals surface area contributed by atoms with Crippen LogP contribution in [-0.4, -0.2) is 39.5 Å². The molecule has 0 bridgehead atoms. The maximum Gasteiger partial charge on any atom is 0.268 e. The average molecular weight is 397 g/mol. The summed E-state index contributed by atoms with van der Waals surface area (Å²) in [5.41, 5.74) is 8.79. The molecule has 0 saturated carbocycles. The van der Waals surface area contributed by atoms with Crippen LogP contribution in [0.5, 0.6) is 0 Å². The molecule has 3 aromatic rings. The molecule has 8 heteroatoms. The van der Waals surface area contributed by atoms with Crippen LogP contribution in [0.15, 0.2) is 57.5 Å². The van der Waals surface area contributed by atoms with Gasteiger partial charge in [0.05, 0.1) is 23.5 Å². The van der Waals surface area contributed by atoms with Gasteiger partial charge < -0.3 is 15.6 Å². The second kappa shape index (κ2) is 8.35.